The molecule has 0 spiro atoms. The Morgan fingerprint density at radius 2 is 1.90 bits per heavy atom. The minimum Gasteiger partial charge on any atom is -0.348 e. The van der Waals surface area contributed by atoms with E-state index in [2.05, 4.69) is 35.0 Å². The van der Waals surface area contributed by atoms with Crippen LogP contribution in [0.5, 0.6) is 0 Å². The van der Waals surface area contributed by atoms with Gasteiger partial charge >= 0.3 is 0 Å². The molecule has 4 nitrogen and oxygen atoms in total. The Bertz CT molecular complexity index is 425. The molecule has 2 heterocycles. The number of carbonyl (C=O) groups excluding carboxylic acids is 1. The number of piperazine rings is 1. The summed E-state index contributed by atoms with van der Waals surface area (Å²) in [6.07, 6.45) is 0. The van der Waals surface area contributed by atoms with Crippen LogP contribution in [0.2, 0.25) is 0 Å². The van der Waals surface area contributed by atoms with Crippen LogP contribution < -0.4 is 5.32 Å². The van der Waals surface area contributed by atoms with E-state index in [-0.39, 0.29) is 11.9 Å². The first-order chi connectivity index (χ1) is 10.0. The predicted octanol–water partition coefficient (Wildman–Crippen LogP) is 2.20. The predicted molar refractivity (Wildman–Crippen MR) is 88.6 cm³/mol. The fourth-order valence-electron chi connectivity index (χ4n) is 2.75. The van der Waals surface area contributed by atoms with Gasteiger partial charge in [0.1, 0.15) is 0 Å². The summed E-state index contributed by atoms with van der Waals surface area (Å²) in [7, 11) is 0. The first-order valence-corrected chi connectivity index (χ1v) is 8.70. The van der Waals surface area contributed by atoms with Crippen LogP contribution in [-0.4, -0.2) is 55.0 Å². The van der Waals surface area contributed by atoms with E-state index in [0.29, 0.717) is 12.5 Å². The molecule has 1 fully saturated rings. The molecule has 118 valence electrons. The second-order valence-electron chi connectivity index (χ2n) is 6.28. The average molecular weight is 309 g/mol. The van der Waals surface area contributed by atoms with Crippen LogP contribution in [-0.2, 0) is 4.79 Å². The molecule has 1 atom stereocenters. The third-order valence-electron chi connectivity index (χ3n) is 3.80. The zero-order chi connectivity index (χ0) is 15.2. The summed E-state index contributed by atoms with van der Waals surface area (Å²) < 4.78 is 0. The summed E-state index contributed by atoms with van der Waals surface area (Å²) in [5, 5.41) is 5.14. The van der Waals surface area contributed by atoms with Crippen molar-refractivity contribution >= 4 is 17.2 Å². The summed E-state index contributed by atoms with van der Waals surface area (Å²) in [5.74, 6) is 0.847. The van der Waals surface area contributed by atoms with Crippen molar-refractivity contribution < 1.29 is 4.79 Å². The number of hydrogen-bond donors (Lipinski definition) is 1. The van der Waals surface area contributed by atoms with Gasteiger partial charge in [-0.05, 0) is 24.3 Å². The van der Waals surface area contributed by atoms with Gasteiger partial charge in [0.25, 0.3) is 0 Å². The highest BCUT2D eigenvalue weighted by Crippen LogP contribution is 2.17. The SMILES string of the molecule is CC(C)CN1CCN(CC(=O)NC(C)c2cccs2)CC1. The molecular formula is C16H27N3OS. The standard InChI is InChI=1S/C16H27N3OS/c1-13(2)11-18-6-8-19(9-7-18)12-16(20)17-14(3)15-5-4-10-21-15/h4-5,10,13-14H,6-9,11-12H2,1-3H3,(H,17,20). The number of amides is 1. The Hall–Kier alpha value is -0.910. The molecule has 5 heteroatoms. The van der Waals surface area contributed by atoms with Crippen molar-refractivity contribution in [2.75, 3.05) is 39.3 Å². The molecule has 1 aliphatic rings. The van der Waals surface area contributed by atoms with Crippen LogP contribution in [0.25, 0.3) is 0 Å². The average Bonchev–Trinajstić information content (AvgIpc) is 2.94. The van der Waals surface area contributed by atoms with Gasteiger partial charge in [0, 0.05) is 37.6 Å². The summed E-state index contributed by atoms with van der Waals surface area (Å²) in [6, 6.07) is 4.21. The van der Waals surface area contributed by atoms with Crippen molar-refractivity contribution in [3.05, 3.63) is 22.4 Å². The van der Waals surface area contributed by atoms with Gasteiger partial charge in [0.2, 0.25) is 5.91 Å². The monoisotopic (exact) mass is 309 g/mol. The zero-order valence-corrected chi connectivity index (χ0v) is 14.2. The van der Waals surface area contributed by atoms with Crippen LogP contribution in [0.1, 0.15) is 31.7 Å². The van der Waals surface area contributed by atoms with E-state index in [1.54, 1.807) is 11.3 Å². The largest absolute Gasteiger partial charge is 0.348 e. The van der Waals surface area contributed by atoms with Gasteiger partial charge in [0.05, 0.1) is 12.6 Å². The Balaban J connectivity index is 1.69. The maximum Gasteiger partial charge on any atom is 0.234 e. The number of thiophene rings is 1. The van der Waals surface area contributed by atoms with Gasteiger partial charge in [-0.3, -0.25) is 9.69 Å². The number of nitrogens with one attached hydrogen (secondary N) is 1. The Labute approximate surface area is 132 Å². The zero-order valence-electron chi connectivity index (χ0n) is 13.3. The Kier molecular flexibility index (Phi) is 6.21. The lowest BCUT2D eigenvalue weighted by Crippen LogP contribution is -2.50. The molecule has 0 aromatic carbocycles. The number of nitrogens with zero attached hydrogens (tertiary/aromatic N) is 2. The lowest BCUT2D eigenvalue weighted by molar-refractivity contribution is -0.123. The molecule has 1 unspecified atom stereocenters. The van der Waals surface area contributed by atoms with Crippen molar-refractivity contribution in [2.24, 2.45) is 5.92 Å². The van der Waals surface area contributed by atoms with Gasteiger partial charge in [-0.15, -0.1) is 11.3 Å². The molecule has 1 amide bonds. The molecule has 1 aromatic heterocycles. The Morgan fingerprint density at radius 1 is 1.24 bits per heavy atom. The van der Waals surface area contributed by atoms with Gasteiger partial charge in [-0.1, -0.05) is 19.9 Å². The van der Waals surface area contributed by atoms with Crippen molar-refractivity contribution in [2.45, 2.75) is 26.8 Å². The fraction of sp³-hybridized carbons (Fsp3) is 0.688. The third-order valence-corrected chi connectivity index (χ3v) is 4.86. The summed E-state index contributed by atoms with van der Waals surface area (Å²) in [4.78, 5) is 18.1. The molecule has 0 radical (unpaired) electrons. The maximum absolute atomic E-state index is 12.1. The van der Waals surface area contributed by atoms with Gasteiger partial charge < -0.3 is 10.2 Å². The van der Waals surface area contributed by atoms with E-state index in [1.807, 2.05) is 18.4 Å². The second kappa shape index (κ2) is 7.92. The third kappa shape index (κ3) is 5.41. The lowest BCUT2D eigenvalue weighted by atomic mass is 10.2. The summed E-state index contributed by atoms with van der Waals surface area (Å²) in [6.45, 7) is 12.4. The smallest absolute Gasteiger partial charge is 0.234 e. The first kappa shape index (κ1) is 16.5. The molecule has 1 saturated heterocycles. The minimum atomic E-state index is 0.111. The number of carbonyl (C=O) groups is 1. The van der Waals surface area contributed by atoms with E-state index in [0.717, 1.165) is 32.7 Å². The van der Waals surface area contributed by atoms with E-state index < -0.39 is 0 Å². The van der Waals surface area contributed by atoms with Crippen molar-refractivity contribution in [3.8, 4) is 0 Å². The fourth-order valence-corrected chi connectivity index (χ4v) is 3.48. The molecule has 21 heavy (non-hydrogen) atoms. The van der Waals surface area contributed by atoms with Crippen LogP contribution in [0.15, 0.2) is 17.5 Å². The molecule has 2 rings (SSSR count). The van der Waals surface area contributed by atoms with E-state index >= 15 is 0 Å². The summed E-state index contributed by atoms with van der Waals surface area (Å²) in [5.41, 5.74) is 0. The highest BCUT2D eigenvalue weighted by Gasteiger charge is 2.20. The highest BCUT2D eigenvalue weighted by molar-refractivity contribution is 7.10. The van der Waals surface area contributed by atoms with Crippen molar-refractivity contribution in [1.29, 1.82) is 0 Å². The topological polar surface area (TPSA) is 35.6 Å². The maximum atomic E-state index is 12.1. The van der Waals surface area contributed by atoms with Gasteiger partial charge in [0.15, 0.2) is 0 Å². The first-order valence-electron chi connectivity index (χ1n) is 7.82. The summed E-state index contributed by atoms with van der Waals surface area (Å²) >= 11 is 1.69. The number of hydrogen-bond acceptors (Lipinski definition) is 4. The van der Waals surface area contributed by atoms with Crippen molar-refractivity contribution in [1.82, 2.24) is 15.1 Å². The highest BCUT2D eigenvalue weighted by atomic mass is 32.1. The van der Waals surface area contributed by atoms with Crippen molar-refractivity contribution in [3.63, 3.8) is 0 Å². The van der Waals surface area contributed by atoms with Gasteiger partial charge in [-0.25, -0.2) is 0 Å². The van der Waals surface area contributed by atoms with E-state index in [4.69, 9.17) is 0 Å². The molecule has 0 bridgehead atoms. The van der Waals surface area contributed by atoms with E-state index in [9.17, 15) is 4.79 Å². The Morgan fingerprint density at radius 3 is 2.48 bits per heavy atom. The molecule has 1 N–H and O–H groups in total. The molecule has 0 saturated carbocycles. The van der Waals surface area contributed by atoms with E-state index in [1.165, 1.54) is 4.88 Å². The molecule has 0 aliphatic carbocycles. The number of rotatable bonds is 6. The van der Waals surface area contributed by atoms with Crippen LogP contribution >= 0.6 is 11.3 Å². The van der Waals surface area contributed by atoms with Crippen LogP contribution in [0.4, 0.5) is 0 Å². The van der Waals surface area contributed by atoms with Crippen LogP contribution in [0.3, 0.4) is 0 Å². The van der Waals surface area contributed by atoms with Gasteiger partial charge in [-0.2, -0.15) is 0 Å². The second-order valence-corrected chi connectivity index (χ2v) is 7.25. The molecule has 1 aliphatic heterocycles. The van der Waals surface area contributed by atoms with Crippen LogP contribution in [0, 0.1) is 5.92 Å². The normalized spacial score (nSPS) is 18.9. The lowest BCUT2D eigenvalue weighted by Gasteiger charge is -2.35. The molecule has 1 aromatic rings. The quantitative estimate of drug-likeness (QED) is 0.875. The molecular weight excluding hydrogens is 282 g/mol. The minimum absolute atomic E-state index is 0.111.